The molecule has 0 aliphatic carbocycles. The Hall–Kier alpha value is -0.650. The second kappa shape index (κ2) is 5.77. The molecule has 2 unspecified atom stereocenters. The first-order chi connectivity index (χ1) is 8.90. The van der Waals surface area contributed by atoms with Crippen LogP contribution in [0.4, 0.5) is 0 Å². The van der Waals surface area contributed by atoms with Gasteiger partial charge in [0.25, 0.3) is 0 Å². The number of nitrogens with zero attached hydrogens (tertiary/aromatic N) is 1. The smallest absolute Gasteiger partial charge is 0.312 e. The van der Waals surface area contributed by atoms with Crippen LogP contribution < -0.4 is 5.32 Å². The van der Waals surface area contributed by atoms with E-state index in [1.807, 2.05) is 26.2 Å². The van der Waals surface area contributed by atoms with Gasteiger partial charge in [-0.1, -0.05) is 0 Å². The fourth-order valence-electron chi connectivity index (χ4n) is 1.85. The molecule has 1 aromatic rings. The van der Waals surface area contributed by atoms with Crippen molar-refractivity contribution in [3.63, 3.8) is 0 Å². The Morgan fingerprint density at radius 3 is 2.95 bits per heavy atom. The fraction of sp³-hybridized carbons (Fsp3) is 0.692. The van der Waals surface area contributed by atoms with Crippen molar-refractivity contribution >= 4 is 28.9 Å². The molecule has 1 aromatic heterocycles. The van der Waals surface area contributed by atoms with Gasteiger partial charge >= 0.3 is 5.97 Å². The summed E-state index contributed by atoms with van der Waals surface area (Å²) in [5.74, 6) is 0.574. The zero-order valence-electron chi connectivity index (χ0n) is 11.4. The van der Waals surface area contributed by atoms with Crippen molar-refractivity contribution in [3.05, 3.63) is 16.1 Å². The molecule has 106 valence electrons. The number of hydrogen-bond donors (Lipinski definition) is 1. The Morgan fingerprint density at radius 1 is 1.63 bits per heavy atom. The largest absolute Gasteiger partial charge is 0.446 e. The molecular weight excluding hydrogens is 284 g/mol. The van der Waals surface area contributed by atoms with Crippen molar-refractivity contribution < 1.29 is 9.53 Å². The number of carbonyl (C=O) groups is 1. The molecule has 0 radical (unpaired) electrons. The number of hydrogen-bond acceptors (Lipinski definition) is 5. The Balaban J connectivity index is 1.91. The molecule has 0 aromatic carbocycles. The van der Waals surface area contributed by atoms with Crippen molar-refractivity contribution in [2.24, 2.45) is 5.41 Å². The maximum absolute atomic E-state index is 11.8. The van der Waals surface area contributed by atoms with Gasteiger partial charge in [0.15, 0.2) is 6.23 Å². The van der Waals surface area contributed by atoms with Crippen molar-refractivity contribution in [2.45, 2.75) is 45.2 Å². The SMILES string of the molecule is CC(C)(C)C(=O)OC1CC(c2nc(CCl)cs2)CN1. The number of alkyl halides is 1. The second-order valence-electron chi connectivity index (χ2n) is 5.80. The summed E-state index contributed by atoms with van der Waals surface area (Å²) in [6.07, 6.45) is 0.567. The average molecular weight is 303 g/mol. The maximum Gasteiger partial charge on any atom is 0.312 e. The molecule has 4 nitrogen and oxygen atoms in total. The van der Waals surface area contributed by atoms with Gasteiger partial charge < -0.3 is 4.74 Å². The maximum atomic E-state index is 11.8. The quantitative estimate of drug-likeness (QED) is 0.689. The lowest BCUT2D eigenvalue weighted by Gasteiger charge is -2.20. The summed E-state index contributed by atoms with van der Waals surface area (Å²) in [5.41, 5.74) is 0.448. The summed E-state index contributed by atoms with van der Waals surface area (Å²) in [5, 5.41) is 6.28. The van der Waals surface area contributed by atoms with Crippen LogP contribution in [0, 0.1) is 5.41 Å². The summed E-state index contributed by atoms with van der Waals surface area (Å²) in [6, 6.07) is 0. The molecule has 2 heterocycles. The van der Waals surface area contributed by atoms with Crippen molar-refractivity contribution in [1.29, 1.82) is 0 Å². The van der Waals surface area contributed by atoms with Crippen LogP contribution in [-0.4, -0.2) is 23.7 Å². The van der Waals surface area contributed by atoms with E-state index < -0.39 is 5.41 Å². The Bertz CT molecular complexity index is 456. The van der Waals surface area contributed by atoms with Gasteiger partial charge in [-0.25, -0.2) is 4.98 Å². The number of ether oxygens (including phenoxy) is 1. The molecule has 1 aliphatic rings. The van der Waals surface area contributed by atoms with Crippen molar-refractivity contribution in [3.8, 4) is 0 Å². The predicted octanol–water partition coefficient (Wildman–Crippen LogP) is 2.87. The van der Waals surface area contributed by atoms with Gasteiger partial charge in [-0.05, 0) is 20.8 Å². The highest BCUT2D eigenvalue weighted by Gasteiger charge is 2.32. The van der Waals surface area contributed by atoms with Crippen LogP contribution in [0.3, 0.4) is 0 Å². The number of rotatable bonds is 3. The molecule has 2 rings (SSSR count). The first kappa shape index (κ1) is 14.8. The van der Waals surface area contributed by atoms with E-state index in [4.69, 9.17) is 16.3 Å². The van der Waals surface area contributed by atoms with E-state index >= 15 is 0 Å². The number of carbonyl (C=O) groups excluding carboxylic acids is 1. The molecule has 0 spiro atoms. The highest BCUT2D eigenvalue weighted by atomic mass is 35.5. The molecule has 1 saturated heterocycles. The van der Waals surface area contributed by atoms with Crippen molar-refractivity contribution in [2.75, 3.05) is 6.54 Å². The fourth-order valence-corrected chi connectivity index (χ4v) is 3.02. The van der Waals surface area contributed by atoms with Crippen LogP contribution >= 0.6 is 22.9 Å². The number of nitrogens with one attached hydrogen (secondary N) is 1. The molecule has 19 heavy (non-hydrogen) atoms. The lowest BCUT2D eigenvalue weighted by molar-refractivity contribution is -0.159. The van der Waals surface area contributed by atoms with Gasteiger partial charge in [-0.3, -0.25) is 10.1 Å². The van der Waals surface area contributed by atoms with Gasteiger partial charge in [-0.15, -0.1) is 22.9 Å². The van der Waals surface area contributed by atoms with E-state index in [1.165, 1.54) is 0 Å². The molecule has 0 amide bonds. The third-order valence-corrected chi connectivity index (χ3v) is 4.34. The molecule has 1 aliphatic heterocycles. The van der Waals surface area contributed by atoms with Crippen LogP contribution in [0.2, 0.25) is 0 Å². The molecule has 1 fully saturated rings. The first-order valence-electron chi connectivity index (χ1n) is 6.35. The minimum atomic E-state index is -0.466. The molecule has 2 atom stereocenters. The van der Waals surface area contributed by atoms with Gasteiger partial charge in [0.05, 0.1) is 22.0 Å². The standard InChI is InChI=1S/C13H19ClN2O2S/c1-13(2,3)12(17)18-10-4-8(6-15-10)11-16-9(5-14)7-19-11/h7-8,10,15H,4-6H2,1-3H3. The van der Waals surface area contributed by atoms with Gasteiger partial charge in [0, 0.05) is 24.3 Å². The number of thiazole rings is 1. The first-order valence-corrected chi connectivity index (χ1v) is 7.76. The topological polar surface area (TPSA) is 51.2 Å². The Morgan fingerprint density at radius 2 is 2.37 bits per heavy atom. The molecule has 6 heteroatoms. The summed E-state index contributed by atoms with van der Waals surface area (Å²) in [4.78, 5) is 16.3. The lowest BCUT2D eigenvalue weighted by Crippen LogP contribution is -2.33. The summed E-state index contributed by atoms with van der Waals surface area (Å²) >= 11 is 7.38. The van der Waals surface area contributed by atoms with E-state index in [2.05, 4.69) is 10.3 Å². The molecule has 0 bridgehead atoms. The van der Waals surface area contributed by atoms with Crippen LogP contribution in [0.25, 0.3) is 0 Å². The zero-order valence-corrected chi connectivity index (χ0v) is 13.0. The number of esters is 1. The highest BCUT2D eigenvalue weighted by Crippen LogP contribution is 2.30. The van der Waals surface area contributed by atoms with E-state index in [9.17, 15) is 4.79 Å². The minimum absolute atomic E-state index is 0.175. The van der Waals surface area contributed by atoms with Crippen molar-refractivity contribution in [1.82, 2.24) is 10.3 Å². The number of halogens is 1. The zero-order chi connectivity index (χ0) is 14.0. The average Bonchev–Trinajstić information content (AvgIpc) is 2.95. The predicted molar refractivity (Wildman–Crippen MR) is 76.4 cm³/mol. The summed E-state index contributed by atoms with van der Waals surface area (Å²) < 4.78 is 5.46. The molecule has 1 N–H and O–H groups in total. The summed E-state index contributed by atoms with van der Waals surface area (Å²) in [7, 11) is 0. The van der Waals surface area contributed by atoms with E-state index in [1.54, 1.807) is 11.3 Å². The van der Waals surface area contributed by atoms with E-state index in [0.29, 0.717) is 11.8 Å². The Kier molecular flexibility index (Phi) is 4.48. The normalized spacial score (nSPS) is 23.6. The van der Waals surface area contributed by atoms with Crippen LogP contribution in [0.1, 0.15) is 43.8 Å². The third kappa shape index (κ3) is 3.68. The summed E-state index contributed by atoms with van der Waals surface area (Å²) in [6.45, 7) is 6.36. The van der Waals surface area contributed by atoms with E-state index in [-0.39, 0.29) is 12.2 Å². The second-order valence-corrected chi connectivity index (χ2v) is 6.95. The van der Waals surface area contributed by atoms with E-state index in [0.717, 1.165) is 23.7 Å². The van der Waals surface area contributed by atoms with Crippen LogP contribution in [-0.2, 0) is 15.4 Å². The highest BCUT2D eigenvalue weighted by molar-refractivity contribution is 7.09. The van der Waals surface area contributed by atoms with Crippen LogP contribution in [0.15, 0.2) is 5.38 Å². The van der Waals surface area contributed by atoms with Crippen LogP contribution in [0.5, 0.6) is 0 Å². The molecule has 0 saturated carbocycles. The molecular formula is C13H19ClN2O2S. The lowest BCUT2D eigenvalue weighted by atomic mass is 9.97. The van der Waals surface area contributed by atoms with Gasteiger partial charge in [0.2, 0.25) is 0 Å². The monoisotopic (exact) mass is 302 g/mol. The number of aromatic nitrogens is 1. The van der Waals surface area contributed by atoms with Gasteiger partial charge in [0.1, 0.15) is 0 Å². The minimum Gasteiger partial charge on any atom is -0.446 e. The van der Waals surface area contributed by atoms with Gasteiger partial charge in [-0.2, -0.15) is 0 Å². The third-order valence-electron chi connectivity index (χ3n) is 3.01. The Labute approximate surface area is 122 Å².